The highest BCUT2D eigenvalue weighted by atomic mass is 35.5. The van der Waals surface area contributed by atoms with E-state index in [1.54, 1.807) is 18.7 Å². The van der Waals surface area contributed by atoms with Gasteiger partial charge in [-0.3, -0.25) is 57.5 Å². The summed E-state index contributed by atoms with van der Waals surface area (Å²) in [6.45, 7) is 11.0. The molecule has 28 heteroatoms. The third-order valence-corrected chi connectivity index (χ3v) is 24.1. The minimum Gasteiger partial charge on any atom is -0.343 e. The Bertz CT molecular complexity index is 2960. The zero-order chi connectivity index (χ0) is 73.2. The lowest BCUT2D eigenvalue weighted by Crippen LogP contribution is -2.65. The third kappa shape index (κ3) is 18.6. The van der Waals surface area contributed by atoms with Crippen molar-refractivity contribution in [3.8, 4) is 0 Å². The number of nitrogens with zero attached hydrogens (tertiary/aromatic N) is 8. The molecular formula is C72H114ClF3N12O12. The standard InChI is InChI=1S/C72H114ClF3N12O12/c1-11-44(5)59-63(93)77-45(6)64(94)88-37-31-53(88)67(97)82(8)55(40-46-22-14-13-15-23-46)66(96)81(7)42-57(89)78-51(30-28-47-27-29-49(50(73)39-47)72(74,75)76)65(95)87-36-20-26-52(87)62(92)80-71(32-18-19-33-71)70(100)84(10)60(48-24-16-17-25-48)69(99)83(9)56(68(98)85-34-21-35-85)41-58(90)86(12-2)54(38-43(3)4)61(91)79-59/h43-56,59-60H,11-42H2,1-10H3,(H,77,93)(H,78,89)(H,79,91)(H,80,92)/t44-,45-,47?,49?,50?,51-,52-,53-,54-,55-,56-,59-,60-/m0/s1. The van der Waals surface area contributed by atoms with E-state index in [2.05, 4.69) is 21.3 Å². The Kier molecular flexibility index (Phi) is 27.6. The van der Waals surface area contributed by atoms with Gasteiger partial charge in [-0.15, -0.1) is 11.6 Å². The fourth-order valence-corrected chi connectivity index (χ4v) is 17.6. The van der Waals surface area contributed by atoms with Crippen LogP contribution in [0.1, 0.15) is 208 Å². The van der Waals surface area contributed by atoms with Gasteiger partial charge in [-0.25, -0.2) is 0 Å². The molecule has 13 atom stereocenters. The molecule has 0 aromatic heterocycles. The van der Waals surface area contributed by atoms with Crippen LogP contribution in [0.15, 0.2) is 0 Å². The van der Waals surface area contributed by atoms with Gasteiger partial charge in [0.2, 0.25) is 70.9 Å². The summed E-state index contributed by atoms with van der Waals surface area (Å²) in [5.74, 6) is -10.3. The molecule has 0 bridgehead atoms. The van der Waals surface area contributed by atoms with Crippen LogP contribution in [0.4, 0.5) is 13.2 Å². The second kappa shape index (κ2) is 34.8. The molecule has 8 fully saturated rings. The molecule has 8 aliphatic rings. The number of amides is 12. The topological polar surface area (TPSA) is 279 Å². The van der Waals surface area contributed by atoms with Crippen molar-refractivity contribution in [3.05, 3.63) is 0 Å². The number of rotatable bonds is 12. The van der Waals surface area contributed by atoms with Crippen molar-refractivity contribution in [3.63, 3.8) is 0 Å². The summed E-state index contributed by atoms with van der Waals surface area (Å²) in [5, 5.41) is 10.4. The minimum atomic E-state index is -4.50. The number of carbonyl (C=O) groups is 12. The Balaban J connectivity index is 1.16. The molecule has 3 unspecified atom stereocenters. The van der Waals surface area contributed by atoms with Crippen molar-refractivity contribution < 1.29 is 70.7 Å². The van der Waals surface area contributed by atoms with E-state index in [-0.39, 0.29) is 114 Å². The van der Waals surface area contributed by atoms with E-state index in [0.29, 0.717) is 58.0 Å². The highest BCUT2D eigenvalue weighted by Gasteiger charge is 2.53. The van der Waals surface area contributed by atoms with Crippen LogP contribution in [-0.2, 0) is 57.5 Å². The van der Waals surface area contributed by atoms with Crippen LogP contribution in [0.25, 0.3) is 0 Å². The lowest BCUT2D eigenvalue weighted by Gasteiger charge is -2.44. The Morgan fingerprint density at radius 1 is 0.620 bits per heavy atom. The first kappa shape index (κ1) is 79.4. The van der Waals surface area contributed by atoms with Crippen molar-refractivity contribution in [2.45, 2.75) is 280 Å². The first-order valence-corrected chi connectivity index (χ1v) is 37.9. The van der Waals surface area contributed by atoms with Crippen LogP contribution in [-0.4, -0.2) is 249 Å². The molecule has 4 aliphatic heterocycles. The van der Waals surface area contributed by atoms with Gasteiger partial charge >= 0.3 is 6.18 Å². The van der Waals surface area contributed by atoms with E-state index in [1.807, 2.05) is 20.8 Å². The largest absolute Gasteiger partial charge is 0.393 e. The van der Waals surface area contributed by atoms with E-state index in [4.69, 9.17) is 11.6 Å². The average molecular weight is 1430 g/mol. The summed E-state index contributed by atoms with van der Waals surface area (Å²) < 4.78 is 42.1. The van der Waals surface area contributed by atoms with Gasteiger partial charge in [0, 0.05) is 66.3 Å². The van der Waals surface area contributed by atoms with E-state index in [9.17, 15) is 46.7 Å². The molecule has 8 rings (SSSR count). The van der Waals surface area contributed by atoms with E-state index in [1.165, 1.54) is 69.4 Å². The average Bonchev–Trinajstić information content (AvgIpc) is 1.51. The molecule has 4 saturated heterocycles. The maximum Gasteiger partial charge on any atom is 0.393 e. The lowest BCUT2D eigenvalue weighted by atomic mass is 9.78. The van der Waals surface area contributed by atoms with Gasteiger partial charge in [0.15, 0.2) is 0 Å². The van der Waals surface area contributed by atoms with Crippen molar-refractivity contribution in [2.24, 2.45) is 35.5 Å². The number of nitrogens with one attached hydrogen (secondary N) is 4. The summed E-state index contributed by atoms with van der Waals surface area (Å²) >= 11 is 6.41. The number of alkyl halides is 4. The number of halogens is 4. The predicted octanol–water partition coefficient (Wildman–Crippen LogP) is 5.89. The van der Waals surface area contributed by atoms with Crippen LogP contribution in [0.5, 0.6) is 0 Å². The van der Waals surface area contributed by atoms with E-state index < -0.39 is 167 Å². The third-order valence-electron chi connectivity index (χ3n) is 23.6. The van der Waals surface area contributed by atoms with Crippen LogP contribution < -0.4 is 21.3 Å². The van der Waals surface area contributed by atoms with Crippen LogP contribution in [0, 0.1) is 35.5 Å². The van der Waals surface area contributed by atoms with Crippen LogP contribution in [0.2, 0.25) is 0 Å². The summed E-state index contributed by atoms with van der Waals surface area (Å²) in [7, 11) is 5.89. The van der Waals surface area contributed by atoms with Crippen LogP contribution >= 0.6 is 11.6 Å². The minimum absolute atomic E-state index is 0.00150. The summed E-state index contributed by atoms with van der Waals surface area (Å²) in [5.41, 5.74) is -1.54. The maximum atomic E-state index is 15.6. The van der Waals surface area contributed by atoms with E-state index in [0.717, 1.165) is 44.9 Å². The number of carbonyl (C=O) groups excluding carboxylic acids is 12. The number of hydrogen-bond donors (Lipinski definition) is 4. The van der Waals surface area contributed by atoms with Crippen molar-refractivity contribution in [2.75, 3.05) is 67.5 Å². The first-order valence-electron chi connectivity index (χ1n) is 37.5. The Labute approximate surface area is 594 Å². The number of hydrogen-bond acceptors (Lipinski definition) is 12. The molecule has 0 aromatic rings. The molecule has 100 heavy (non-hydrogen) atoms. The molecule has 562 valence electrons. The van der Waals surface area contributed by atoms with Gasteiger partial charge in [-0.2, -0.15) is 13.2 Å². The highest BCUT2D eigenvalue weighted by molar-refractivity contribution is 6.21. The summed E-state index contributed by atoms with van der Waals surface area (Å²) in [4.78, 5) is 191. The normalized spacial score (nSPS) is 31.6. The van der Waals surface area contributed by atoms with Gasteiger partial charge in [-0.05, 0) is 140 Å². The van der Waals surface area contributed by atoms with Crippen molar-refractivity contribution in [1.29, 1.82) is 0 Å². The Morgan fingerprint density at radius 3 is 1.85 bits per heavy atom. The first-order chi connectivity index (χ1) is 47.3. The molecule has 1 spiro atoms. The molecule has 4 aliphatic carbocycles. The molecular weight excluding hydrogens is 1320 g/mol. The zero-order valence-electron chi connectivity index (χ0n) is 60.9. The van der Waals surface area contributed by atoms with Crippen LogP contribution in [0.3, 0.4) is 0 Å². The van der Waals surface area contributed by atoms with Gasteiger partial charge in [0.25, 0.3) is 0 Å². The summed E-state index contributed by atoms with van der Waals surface area (Å²) in [6, 6.07) is -10.7. The monoisotopic (exact) mass is 1430 g/mol. The lowest BCUT2D eigenvalue weighted by molar-refractivity contribution is -0.182. The van der Waals surface area contributed by atoms with Gasteiger partial charge < -0.3 is 60.5 Å². The molecule has 4 N–H and O–H groups in total. The van der Waals surface area contributed by atoms with E-state index >= 15 is 24.0 Å². The fraction of sp³-hybridized carbons (Fsp3) is 0.833. The summed E-state index contributed by atoms with van der Waals surface area (Å²) in [6.07, 6.45) is 5.85. The van der Waals surface area contributed by atoms with Gasteiger partial charge in [-0.1, -0.05) is 91.9 Å². The molecule has 0 aromatic carbocycles. The molecule has 4 saturated carbocycles. The molecule has 12 amide bonds. The van der Waals surface area contributed by atoms with Crippen molar-refractivity contribution in [1.82, 2.24) is 60.5 Å². The van der Waals surface area contributed by atoms with Crippen molar-refractivity contribution >= 4 is 82.5 Å². The molecule has 0 radical (unpaired) electrons. The second-order valence-corrected chi connectivity index (χ2v) is 31.5. The Morgan fingerprint density at radius 2 is 1.27 bits per heavy atom. The number of fused-ring (bicyclic) bond motifs is 2. The molecule has 4 heterocycles. The zero-order valence-corrected chi connectivity index (χ0v) is 61.6. The second-order valence-electron chi connectivity index (χ2n) is 30.9. The highest BCUT2D eigenvalue weighted by Crippen LogP contribution is 2.44. The molecule has 24 nitrogen and oxygen atoms in total. The SMILES string of the molecule is CC[C@H](C)[C@@H]1NC(=O)[C@H](CC(C)C)N(CC)C(=O)C[C@@H](C(=O)N2CCC2)N(C)C(=O)[C@H](C2CCCC2)N(C)C(=O)C2(CCCC2)NC(=O)[C@@H]2CCCN2C(=O)[C@H](CCC2CCC(C(F)(F)F)C(Cl)C2)NC(=O)CN(C)C(=O)[C@H](CC2CCCCC2)N(C)C(=O)[C@@H]2CCN2C(=O)[C@H](C)NC1=O. The van der Waals surface area contributed by atoms with Gasteiger partial charge in [0.05, 0.1) is 18.9 Å². The fourth-order valence-electron chi connectivity index (χ4n) is 17.1. The smallest absolute Gasteiger partial charge is 0.343 e. The quantitative estimate of drug-likeness (QED) is 0.167. The Hall–Kier alpha value is -6.28. The number of likely N-dealkylation sites (tertiary alicyclic amines) is 1. The number of likely N-dealkylation sites (N-methyl/N-ethyl adjacent to an activating group) is 5. The maximum absolute atomic E-state index is 15.6. The predicted molar refractivity (Wildman–Crippen MR) is 368 cm³/mol. The van der Waals surface area contributed by atoms with Gasteiger partial charge in [0.1, 0.15) is 59.9 Å².